The predicted molar refractivity (Wildman–Crippen MR) is 97.6 cm³/mol. The van der Waals surface area contributed by atoms with Gasteiger partial charge in [0.15, 0.2) is 0 Å². The SMILES string of the molecule is COc1cccc(NC(=O)CN(C)C(=O)CN2CCC[C@H](C(N)=O)C2)c1. The summed E-state index contributed by atoms with van der Waals surface area (Å²) >= 11 is 0. The Bertz CT molecular complexity index is 664. The molecule has 1 aliphatic rings. The van der Waals surface area contributed by atoms with Crippen LogP contribution in [0, 0.1) is 5.92 Å². The van der Waals surface area contributed by atoms with Crippen LogP contribution in [0.5, 0.6) is 5.75 Å². The molecule has 1 aliphatic heterocycles. The van der Waals surface area contributed by atoms with Crippen molar-refractivity contribution >= 4 is 23.4 Å². The van der Waals surface area contributed by atoms with Crippen LogP contribution in [0.4, 0.5) is 5.69 Å². The van der Waals surface area contributed by atoms with Gasteiger partial charge in [-0.1, -0.05) is 6.07 Å². The molecule has 0 saturated carbocycles. The van der Waals surface area contributed by atoms with Gasteiger partial charge in [0, 0.05) is 25.3 Å². The molecular weight excluding hydrogens is 336 g/mol. The van der Waals surface area contributed by atoms with Crippen molar-refractivity contribution in [1.29, 1.82) is 0 Å². The number of nitrogens with two attached hydrogens (primary N) is 1. The van der Waals surface area contributed by atoms with Gasteiger partial charge >= 0.3 is 0 Å². The molecule has 1 saturated heterocycles. The van der Waals surface area contributed by atoms with Gasteiger partial charge in [-0.05, 0) is 31.5 Å². The molecule has 1 aromatic rings. The minimum absolute atomic E-state index is 0.0524. The van der Waals surface area contributed by atoms with E-state index in [9.17, 15) is 14.4 Å². The quantitative estimate of drug-likeness (QED) is 0.725. The minimum atomic E-state index is -0.326. The number of hydrogen-bond donors (Lipinski definition) is 2. The van der Waals surface area contributed by atoms with Crippen LogP contribution in [0.3, 0.4) is 0 Å². The second-order valence-corrected chi connectivity index (χ2v) is 6.51. The molecule has 1 atom stereocenters. The van der Waals surface area contributed by atoms with Crippen molar-refractivity contribution in [2.75, 3.05) is 45.7 Å². The average Bonchev–Trinajstić information content (AvgIpc) is 2.61. The fourth-order valence-electron chi connectivity index (χ4n) is 2.95. The van der Waals surface area contributed by atoms with E-state index in [-0.39, 0.29) is 36.7 Å². The topological polar surface area (TPSA) is 105 Å². The Labute approximate surface area is 153 Å². The number of likely N-dealkylation sites (N-methyl/N-ethyl adjacent to an activating group) is 1. The number of primary amides is 1. The third-order valence-electron chi connectivity index (χ3n) is 4.43. The maximum Gasteiger partial charge on any atom is 0.243 e. The van der Waals surface area contributed by atoms with Gasteiger partial charge in [0.1, 0.15) is 5.75 Å². The zero-order valence-corrected chi connectivity index (χ0v) is 15.2. The van der Waals surface area contributed by atoms with Gasteiger partial charge in [0.05, 0.1) is 26.1 Å². The summed E-state index contributed by atoms with van der Waals surface area (Å²) in [7, 11) is 3.14. The van der Waals surface area contributed by atoms with E-state index in [1.165, 1.54) is 4.90 Å². The van der Waals surface area contributed by atoms with Gasteiger partial charge in [-0.25, -0.2) is 0 Å². The lowest BCUT2D eigenvalue weighted by Gasteiger charge is -2.31. The summed E-state index contributed by atoms with van der Waals surface area (Å²) < 4.78 is 5.11. The Morgan fingerprint density at radius 2 is 2.15 bits per heavy atom. The molecule has 0 radical (unpaired) electrons. The highest BCUT2D eigenvalue weighted by Gasteiger charge is 2.26. The number of nitrogens with zero attached hydrogens (tertiary/aromatic N) is 2. The van der Waals surface area contributed by atoms with Crippen LogP contribution in [0.15, 0.2) is 24.3 Å². The average molecular weight is 362 g/mol. The Hall–Kier alpha value is -2.61. The fraction of sp³-hybridized carbons (Fsp3) is 0.500. The zero-order valence-electron chi connectivity index (χ0n) is 15.2. The van der Waals surface area contributed by atoms with Crippen molar-refractivity contribution < 1.29 is 19.1 Å². The summed E-state index contributed by atoms with van der Waals surface area (Å²) in [5.74, 6) is -0.355. The number of benzene rings is 1. The molecule has 0 aliphatic carbocycles. The Kier molecular flexibility index (Phi) is 6.97. The summed E-state index contributed by atoms with van der Waals surface area (Å²) in [6.07, 6.45) is 1.60. The highest BCUT2D eigenvalue weighted by atomic mass is 16.5. The number of anilines is 1. The number of nitrogens with one attached hydrogen (secondary N) is 1. The number of amides is 3. The fourth-order valence-corrected chi connectivity index (χ4v) is 2.95. The number of methoxy groups -OCH3 is 1. The molecule has 142 valence electrons. The van der Waals surface area contributed by atoms with Gasteiger partial charge in [-0.2, -0.15) is 0 Å². The standard InChI is InChI=1S/C18H26N4O4/c1-21(11-16(23)20-14-6-3-7-15(9-14)26-2)17(24)12-22-8-4-5-13(10-22)18(19)25/h3,6-7,9,13H,4-5,8,10-12H2,1-2H3,(H2,19,25)(H,20,23)/t13-/m0/s1. The zero-order chi connectivity index (χ0) is 19.1. The summed E-state index contributed by atoms with van der Waals surface area (Å²) in [6, 6.07) is 7.01. The molecule has 0 bridgehead atoms. The van der Waals surface area contributed by atoms with E-state index in [0.717, 1.165) is 19.4 Å². The largest absolute Gasteiger partial charge is 0.497 e. The van der Waals surface area contributed by atoms with Crippen molar-refractivity contribution in [2.24, 2.45) is 11.7 Å². The number of likely N-dealkylation sites (tertiary alicyclic amines) is 1. The van der Waals surface area contributed by atoms with Crippen molar-refractivity contribution in [2.45, 2.75) is 12.8 Å². The first-order chi connectivity index (χ1) is 12.4. The van der Waals surface area contributed by atoms with E-state index in [2.05, 4.69) is 5.32 Å². The molecule has 0 aromatic heterocycles. The Morgan fingerprint density at radius 1 is 1.38 bits per heavy atom. The molecule has 1 heterocycles. The maximum absolute atomic E-state index is 12.3. The number of ether oxygens (including phenoxy) is 1. The third-order valence-corrected chi connectivity index (χ3v) is 4.43. The van der Waals surface area contributed by atoms with Gasteiger partial charge in [0.25, 0.3) is 0 Å². The molecule has 26 heavy (non-hydrogen) atoms. The normalized spacial score (nSPS) is 17.4. The summed E-state index contributed by atoms with van der Waals surface area (Å²) in [4.78, 5) is 39.1. The molecule has 0 spiro atoms. The van der Waals surface area contributed by atoms with E-state index in [1.807, 2.05) is 4.90 Å². The first kappa shape index (κ1) is 19.7. The molecule has 1 fully saturated rings. The first-order valence-corrected chi connectivity index (χ1v) is 8.58. The van der Waals surface area contributed by atoms with Crippen molar-refractivity contribution in [3.05, 3.63) is 24.3 Å². The number of rotatable bonds is 7. The maximum atomic E-state index is 12.3. The van der Waals surface area contributed by atoms with Crippen molar-refractivity contribution in [3.8, 4) is 5.75 Å². The lowest BCUT2D eigenvalue weighted by Crippen LogP contribution is -2.47. The van der Waals surface area contributed by atoms with E-state index in [4.69, 9.17) is 10.5 Å². The van der Waals surface area contributed by atoms with E-state index >= 15 is 0 Å². The summed E-state index contributed by atoms with van der Waals surface area (Å²) in [5, 5.41) is 2.74. The Balaban J connectivity index is 1.82. The number of carbonyl (C=O) groups is 3. The van der Waals surface area contributed by atoms with E-state index in [0.29, 0.717) is 18.0 Å². The number of hydrogen-bond acceptors (Lipinski definition) is 5. The number of carbonyl (C=O) groups excluding carboxylic acids is 3. The lowest BCUT2D eigenvalue weighted by atomic mass is 9.97. The highest BCUT2D eigenvalue weighted by Crippen LogP contribution is 2.17. The van der Waals surface area contributed by atoms with Gasteiger partial charge in [-0.15, -0.1) is 0 Å². The second kappa shape index (κ2) is 9.19. The second-order valence-electron chi connectivity index (χ2n) is 6.51. The molecule has 3 N–H and O–H groups in total. The van der Waals surface area contributed by atoms with Crippen LogP contribution in [0.2, 0.25) is 0 Å². The lowest BCUT2D eigenvalue weighted by molar-refractivity contribution is -0.135. The highest BCUT2D eigenvalue weighted by molar-refractivity contribution is 5.94. The van der Waals surface area contributed by atoms with Crippen LogP contribution < -0.4 is 15.8 Å². The van der Waals surface area contributed by atoms with E-state index < -0.39 is 0 Å². The first-order valence-electron chi connectivity index (χ1n) is 8.58. The molecule has 8 nitrogen and oxygen atoms in total. The van der Waals surface area contributed by atoms with Gasteiger partial charge < -0.3 is 20.7 Å². The Morgan fingerprint density at radius 3 is 2.85 bits per heavy atom. The van der Waals surface area contributed by atoms with Gasteiger partial charge in [0.2, 0.25) is 17.7 Å². The van der Waals surface area contributed by atoms with Crippen molar-refractivity contribution in [1.82, 2.24) is 9.80 Å². The molecule has 2 rings (SSSR count). The summed E-state index contributed by atoms with van der Waals surface area (Å²) in [5.41, 5.74) is 5.96. The summed E-state index contributed by atoms with van der Waals surface area (Å²) in [6.45, 7) is 1.36. The minimum Gasteiger partial charge on any atom is -0.497 e. The predicted octanol–water partition coefficient (Wildman–Crippen LogP) is 0.289. The number of piperidine rings is 1. The monoisotopic (exact) mass is 362 g/mol. The van der Waals surface area contributed by atoms with Crippen LogP contribution in [0.1, 0.15) is 12.8 Å². The third kappa shape index (κ3) is 5.73. The smallest absolute Gasteiger partial charge is 0.243 e. The van der Waals surface area contributed by atoms with E-state index in [1.54, 1.807) is 38.4 Å². The molecule has 0 unspecified atom stereocenters. The van der Waals surface area contributed by atoms with Crippen LogP contribution in [-0.4, -0.2) is 67.9 Å². The molecule has 3 amide bonds. The van der Waals surface area contributed by atoms with Crippen LogP contribution in [-0.2, 0) is 14.4 Å². The van der Waals surface area contributed by atoms with Crippen LogP contribution in [0.25, 0.3) is 0 Å². The van der Waals surface area contributed by atoms with Gasteiger partial charge in [-0.3, -0.25) is 19.3 Å². The van der Waals surface area contributed by atoms with Crippen molar-refractivity contribution in [3.63, 3.8) is 0 Å². The molecule has 8 heteroatoms. The molecular formula is C18H26N4O4. The molecule has 1 aromatic carbocycles. The van der Waals surface area contributed by atoms with Crippen LogP contribution >= 0.6 is 0 Å².